The van der Waals surface area contributed by atoms with Crippen molar-refractivity contribution in [2.24, 2.45) is 0 Å². The number of ether oxygens (including phenoxy) is 1. The van der Waals surface area contributed by atoms with Gasteiger partial charge >= 0.3 is 12.4 Å². The van der Waals surface area contributed by atoms with Crippen LogP contribution in [0, 0.1) is 0 Å². The minimum atomic E-state index is -4.93. The molecule has 35 heavy (non-hydrogen) atoms. The molecule has 0 radical (unpaired) electrons. The first kappa shape index (κ1) is 25.5. The first-order valence-corrected chi connectivity index (χ1v) is 11.4. The quantitative estimate of drug-likeness (QED) is 0.519. The van der Waals surface area contributed by atoms with Crippen molar-refractivity contribution in [2.45, 2.75) is 56.2 Å². The zero-order valence-corrected chi connectivity index (χ0v) is 19.0. The molecule has 0 unspecified atom stereocenters. The maximum atomic E-state index is 13.3. The van der Waals surface area contributed by atoms with E-state index >= 15 is 0 Å². The molecule has 2 saturated heterocycles. The van der Waals surface area contributed by atoms with Gasteiger partial charge in [-0.1, -0.05) is 30.3 Å². The van der Waals surface area contributed by atoms with E-state index < -0.39 is 35.1 Å². The minimum absolute atomic E-state index is 0.00824. The number of alkyl halides is 6. The van der Waals surface area contributed by atoms with Crippen molar-refractivity contribution in [1.82, 2.24) is 10.2 Å². The first-order chi connectivity index (χ1) is 16.4. The third-order valence-electron chi connectivity index (χ3n) is 6.80. The van der Waals surface area contributed by atoms with E-state index in [2.05, 4.69) is 5.32 Å². The number of hydrogen-bond acceptors (Lipinski definition) is 3. The molecule has 0 spiro atoms. The van der Waals surface area contributed by atoms with Gasteiger partial charge in [0.1, 0.15) is 0 Å². The lowest BCUT2D eigenvalue weighted by molar-refractivity contribution is -0.143. The molecular formula is C25H26F6N2O2. The lowest BCUT2D eigenvalue weighted by Crippen LogP contribution is -2.41. The molecule has 0 saturated carbocycles. The van der Waals surface area contributed by atoms with E-state index in [9.17, 15) is 31.1 Å². The van der Waals surface area contributed by atoms with Gasteiger partial charge in [-0.15, -0.1) is 0 Å². The normalized spacial score (nSPS) is 24.3. The summed E-state index contributed by atoms with van der Waals surface area (Å²) in [7, 11) is 0. The molecule has 2 fully saturated rings. The predicted octanol–water partition coefficient (Wildman–Crippen LogP) is 5.68. The van der Waals surface area contributed by atoms with E-state index in [4.69, 9.17) is 4.74 Å². The monoisotopic (exact) mass is 500 g/mol. The van der Waals surface area contributed by atoms with Gasteiger partial charge in [0.2, 0.25) is 5.91 Å². The smallest absolute Gasteiger partial charge is 0.372 e. The molecule has 0 aromatic heterocycles. The standard InChI is InChI=1S/C25H26F6N2O2/c1-16(17-10-19(24(26,27)28)12-20(11-17)25(29,30)31)35-15-23(18-6-3-2-4-7-18)13-21(14-32-23)33-9-5-8-22(33)34/h2-4,6-7,10-12,16,21,32H,5,8-9,13-15H2,1H3/t16-,21+,23-/m1/s1. The Morgan fingerprint density at radius 3 is 2.23 bits per heavy atom. The van der Waals surface area contributed by atoms with Crippen LogP contribution >= 0.6 is 0 Å². The molecule has 4 rings (SSSR count). The van der Waals surface area contributed by atoms with Gasteiger partial charge in [0.05, 0.1) is 29.4 Å². The Bertz CT molecular complexity index is 1020. The molecule has 0 bridgehead atoms. The highest BCUT2D eigenvalue weighted by atomic mass is 19.4. The van der Waals surface area contributed by atoms with Gasteiger partial charge < -0.3 is 15.0 Å². The summed E-state index contributed by atoms with van der Waals surface area (Å²) < 4.78 is 85.7. The molecule has 1 N–H and O–H groups in total. The zero-order chi connectivity index (χ0) is 25.4. The molecule has 2 aromatic rings. The van der Waals surface area contributed by atoms with Crippen LogP contribution in [0.4, 0.5) is 26.3 Å². The number of nitrogens with zero attached hydrogens (tertiary/aromatic N) is 1. The minimum Gasteiger partial charge on any atom is -0.372 e. The Kier molecular flexibility index (Phi) is 6.89. The second kappa shape index (κ2) is 9.46. The fraction of sp³-hybridized carbons (Fsp3) is 0.480. The summed E-state index contributed by atoms with van der Waals surface area (Å²) in [4.78, 5) is 14.1. The Morgan fingerprint density at radius 1 is 1.06 bits per heavy atom. The van der Waals surface area contributed by atoms with Crippen LogP contribution < -0.4 is 5.32 Å². The third-order valence-corrected chi connectivity index (χ3v) is 6.80. The Labute approximate surface area is 199 Å². The van der Waals surface area contributed by atoms with E-state index in [0.29, 0.717) is 38.1 Å². The van der Waals surface area contributed by atoms with Crippen LogP contribution in [0.2, 0.25) is 0 Å². The summed E-state index contributed by atoms with van der Waals surface area (Å²) in [5.41, 5.74) is -2.82. The number of likely N-dealkylation sites (tertiary alicyclic amines) is 1. The number of carbonyl (C=O) groups excluding carboxylic acids is 1. The fourth-order valence-corrected chi connectivity index (χ4v) is 4.88. The molecule has 190 valence electrons. The van der Waals surface area contributed by atoms with E-state index in [1.165, 1.54) is 6.92 Å². The summed E-state index contributed by atoms with van der Waals surface area (Å²) in [5.74, 6) is 0.0820. The number of halogens is 6. The van der Waals surface area contributed by atoms with Crippen molar-refractivity contribution in [3.8, 4) is 0 Å². The van der Waals surface area contributed by atoms with Crippen LogP contribution in [0.1, 0.15) is 54.5 Å². The molecule has 0 aliphatic carbocycles. The van der Waals surface area contributed by atoms with Gasteiger partial charge in [-0.2, -0.15) is 26.3 Å². The summed E-state index contributed by atoms with van der Waals surface area (Å²) in [6, 6.07) is 10.7. The van der Waals surface area contributed by atoms with Crippen LogP contribution in [-0.2, 0) is 27.4 Å². The number of amides is 1. The number of carbonyl (C=O) groups is 1. The Morgan fingerprint density at radius 2 is 1.69 bits per heavy atom. The number of nitrogens with one attached hydrogen (secondary N) is 1. The fourth-order valence-electron chi connectivity index (χ4n) is 4.88. The van der Waals surface area contributed by atoms with Crippen molar-refractivity contribution in [3.63, 3.8) is 0 Å². The molecule has 3 atom stereocenters. The Hall–Kier alpha value is -2.59. The van der Waals surface area contributed by atoms with Crippen LogP contribution in [0.5, 0.6) is 0 Å². The number of benzene rings is 2. The number of rotatable bonds is 6. The summed E-state index contributed by atoms with van der Waals surface area (Å²) in [5, 5.41) is 3.43. The molecule has 10 heteroatoms. The van der Waals surface area contributed by atoms with Gasteiger partial charge in [0, 0.05) is 25.6 Å². The van der Waals surface area contributed by atoms with Crippen LogP contribution in [-0.4, -0.2) is 36.5 Å². The third kappa shape index (κ3) is 5.48. The van der Waals surface area contributed by atoms with Gasteiger partial charge in [0.25, 0.3) is 0 Å². The highest BCUT2D eigenvalue weighted by molar-refractivity contribution is 5.78. The van der Waals surface area contributed by atoms with E-state index in [0.717, 1.165) is 12.0 Å². The number of hydrogen-bond donors (Lipinski definition) is 1. The van der Waals surface area contributed by atoms with Crippen LogP contribution in [0.3, 0.4) is 0 Å². The van der Waals surface area contributed by atoms with Crippen molar-refractivity contribution >= 4 is 5.91 Å². The van der Waals surface area contributed by atoms with Crippen molar-refractivity contribution in [3.05, 3.63) is 70.8 Å². The molecular weight excluding hydrogens is 474 g/mol. The zero-order valence-electron chi connectivity index (χ0n) is 19.0. The van der Waals surface area contributed by atoms with Gasteiger partial charge in [-0.25, -0.2) is 0 Å². The summed E-state index contributed by atoms with van der Waals surface area (Å²) >= 11 is 0. The second-order valence-electron chi connectivity index (χ2n) is 9.17. The molecule has 2 aliphatic rings. The molecule has 2 heterocycles. The SMILES string of the molecule is C[C@@H](OC[C@@]1(c2ccccc2)C[C@H](N2CCCC2=O)CN1)c1cc(C(F)(F)F)cc(C(F)(F)F)c1. The average molecular weight is 500 g/mol. The molecule has 1 amide bonds. The largest absolute Gasteiger partial charge is 0.416 e. The molecule has 2 aromatic carbocycles. The topological polar surface area (TPSA) is 41.6 Å². The molecule has 4 nitrogen and oxygen atoms in total. The van der Waals surface area contributed by atoms with Crippen molar-refractivity contribution in [2.75, 3.05) is 19.7 Å². The lowest BCUT2D eigenvalue weighted by Gasteiger charge is -2.33. The van der Waals surface area contributed by atoms with E-state index in [1.54, 1.807) is 0 Å². The first-order valence-electron chi connectivity index (χ1n) is 11.4. The molecule has 2 aliphatic heterocycles. The lowest BCUT2D eigenvalue weighted by atomic mass is 9.87. The van der Waals surface area contributed by atoms with Gasteiger partial charge in [-0.3, -0.25) is 4.79 Å². The second-order valence-corrected chi connectivity index (χ2v) is 9.17. The van der Waals surface area contributed by atoms with E-state index in [-0.39, 0.29) is 30.2 Å². The highest BCUT2D eigenvalue weighted by Crippen LogP contribution is 2.39. The van der Waals surface area contributed by atoms with Gasteiger partial charge in [-0.05, 0) is 49.1 Å². The van der Waals surface area contributed by atoms with Crippen LogP contribution in [0.15, 0.2) is 48.5 Å². The highest BCUT2D eigenvalue weighted by Gasteiger charge is 2.45. The van der Waals surface area contributed by atoms with Gasteiger partial charge in [0.15, 0.2) is 0 Å². The Balaban J connectivity index is 1.59. The summed E-state index contributed by atoms with van der Waals surface area (Å²) in [6.07, 6.45) is -9.08. The summed E-state index contributed by atoms with van der Waals surface area (Å²) in [6.45, 7) is 2.62. The maximum Gasteiger partial charge on any atom is 0.416 e. The van der Waals surface area contributed by atoms with Crippen LogP contribution in [0.25, 0.3) is 0 Å². The predicted molar refractivity (Wildman–Crippen MR) is 116 cm³/mol. The van der Waals surface area contributed by atoms with E-state index in [1.807, 2.05) is 35.2 Å². The average Bonchev–Trinajstić information content (AvgIpc) is 3.43. The van der Waals surface area contributed by atoms with Crippen molar-refractivity contribution < 1.29 is 35.9 Å². The maximum absolute atomic E-state index is 13.3. The van der Waals surface area contributed by atoms with Crippen molar-refractivity contribution in [1.29, 1.82) is 0 Å².